The molecule has 0 saturated heterocycles. The number of carbonyl (C=O) groups is 1. The minimum atomic E-state index is -0.223. The van der Waals surface area contributed by atoms with Gasteiger partial charge in [-0.15, -0.1) is 0 Å². The summed E-state index contributed by atoms with van der Waals surface area (Å²) < 4.78 is 5.21. The van der Waals surface area contributed by atoms with E-state index in [9.17, 15) is 4.79 Å². The number of methoxy groups -OCH3 is 1. The van der Waals surface area contributed by atoms with E-state index in [0.29, 0.717) is 11.3 Å². The van der Waals surface area contributed by atoms with Gasteiger partial charge in [0.2, 0.25) is 5.78 Å². The number of ketones is 1. The van der Waals surface area contributed by atoms with E-state index in [4.69, 9.17) is 4.74 Å². The van der Waals surface area contributed by atoms with Crippen LogP contribution in [0.5, 0.6) is 5.75 Å². The van der Waals surface area contributed by atoms with E-state index in [1.807, 2.05) is 49.4 Å². The molecule has 2 heteroatoms. The van der Waals surface area contributed by atoms with Crippen LogP contribution in [0.3, 0.4) is 0 Å². The second-order valence-electron chi connectivity index (χ2n) is 4.10. The molecule has 0 bridgehead atoms. The molecule has 2 rings (SSSR count). The summed E-state index contributed by atoms with van der Waals surface area (Å²) in [7, 11) is 1.55. The molecule has 19 heavy (non-hydrogen) atoms. The predicted molar refractivity (Wildman–Crippen MR) is 75.4 cm³/mol. The first kappa shape index (κ1) is 12.9. The highest BCUT2D eigenvalue weighted by Gasteiger charge is 2.12. The van der Waals surface area contributed by atoms with Gasteiger partial charge in [-0.1, -0.05) is 36.3 Å². The molecule has 94 valence electrons. The third-order valence-electron chi connectivity index (χ3n) is 2.78. The van der Waals surface area contributed by atoms with Gasteiger partial charge in [-0.2, -0.15) is 0 Å². The Hall–Kier alpha value is -2.53. The molecule has 0 aliphatic heterocycles. The third-order valence-corrected chi connectivity index (χ3v) is 2.78. The highest BCUT2D eigenvalue weighted by Crippen LogP contribution is 2.21. The number of Topliss-reactive ketones (excluding diaryl/α,β-unsaturated/α-hetero) is 1. The summed E-state index contributed by atoms with van der Waals surface area (Å²) in [6.45, 7) is 1.87. The smallest absolute Gasteiger partial charge is 0.240 e. The predicted octanol–water partition coefficient (Wildman–Crippen LogP) is 3.24. The lowest BCUT2D eigenvalue weighted by Gasteiger charge is -2.07. The Morgan fingerprint density at radius 3 is 2.47 bits per heavy atom. The number of hydrogen-bond acceptors (Lipinski definition) is 2. The van der Waals surface area contributed by atoms with Gasteiger partial charge >= 0.3 is 0 Å². The zero-order valence-electron chi connectivity index (χ0n) is 10.9. The maximum absolute atomic E-state index is 12.2. The Balaban J connectivity index is 2.34. The van der Waals surface area contributed by atoms with E-state index in [-0.39, 0.29) is 5.78 Å². The van der Waals surface area contributed by atoms with Crippen LogP contribution < -0.4 is 4.74 Å². The number of hydrogen-bond donors (Lipinski definition) is 0. The Bertz CT molecular complexity index is 646. The van der Waals surface area contributed by atoms with Crippen molar-refractivity contribution in [3.63, 3.8) is 0 Å². The van der Waals surface area contributed by atoms with E-state index >= 15 is 0 Å². The van der Waals surface area contributed by atoms with Crippen molar-refractivity contribution in [3.8, 4) is 17.6 Å². The van der Waals surface area contributed by atoms with Crippen molar-refractivity contribution >= 4 is 5.78 Å². The van der Waals surface area contributed by atoms with Crippen molar-refractivity contribution in [3.05, 3.63) is 65.2 Å². The van der Waals surface area contributed by atoms with Gasteiger partial charge in [0.1, 0.15) is 5.75 Å². The van der Waals surface area contributed by atoms with Crippen LogP contribution in [0, 0.1) is 18.8 Å². The molecule has 2 nitrogen and oxygen atoms in total. The molecule has 0 amide bonds. The topological polar surface area (TPSA) is 26.3 Å². The van der Waals surface area contributed by atoms with Gasteiger partial charge in [0, 0.05) is 5.56 Å². The highest BCUT2D eigenvalue weighted by molar-refractivity contribution is 6.12. The third kappa shape index (κ3) is 3.02. The van der Waals surface area contributed by atoms with Crippen LogP contribution in [0.25, 0.3) is 0 Å². The molecular formula is C17H14O2. The Labute approximate surface area is 113 Å². The Kier molecular flexibility index (Phi) is 4.00. The summed E-state index contributed by atoms with van der Waals surface area (Å²) in [6.07, 6.45) is 0. The zero-order valence-corrected chi connectivity index (χ0v) is 10.9. The van der Waals surface area contributed by atoms with Gasteiger partial charge in [0.15, 0.2) is 0 Å². The average molecular weight is 250 g/mol. The molecule has 0 spiro atoms. The summed E-state index contributed by atoms with van der Waals surface area (Å²) in [4.78, 5) is 12.2. The molecule has 0 fully saturated rings. The quantitative estimate of drug-likeness (QED) is 0.604. The molecule has 0 N–H and O–H groups in total. The lowest BCUT2D eigenvalue weighted by molar-refractivity contribution is 0.105. The van der Waals surface area contributed by atoms with Crippen LogP contribution in [0.2, 0.25) is 0 Å². The molecule has 0 aliphatic rings. The van der Waals surface area contributed by atoms with Crippen LogP contribution >= 0.6 is 0 Å². The minimum absolute atomic E-state index is 0.223. The van der Waals surface area contributed by atoms with Crippen molar-refractivity contribution in [2.24, 2.45) is 0 Å². The Morgan fingerprint density at radius 2 is 1.79 bits per heavy atom. The second-order valence-corrected chi connectivity index (χ2v) is 4.10. The molecule has 0 aromatic heterocycles. The van der Waals surface area contributed by atoms with Crippen LogP contribution in [0.4, 0.5) is 0 Å². The van der Waals surface area contributed by atoms with E-state index in [2.05, 4.69) is 11.8 Å². The standard InChI is InChI=1S/C17H14O2/c1-13-7-6-10-16(19-2)17(13)15(18)12-11-14-8-4-3-5-9-14/h3-10H,1-2H3. The normalized spacial score (nSPS) is 9.37. The maximum Gasteiger partial charge on any atom is 0.240 e. The molecule has 2 aromatic rings. The number of aryl methyl sites for hydroxylation is 1. The monoisotopic (exact) mass is 250 g/mol. The fourth-order valence-electron chi connectivity index (χ4n) is 1.81. The van der Waals surface area contributed by atoms with Crippen LogP contribution in [-0.4, -0.2) is 12.9 Å². The lowest BCUT2D eigenvalue weighted by Crippen LogP contribution is -2.02. The Morgan fingerprint density at radius 1 is 1.05 bits per heavy atom. The first-order chi connectivity index (χ1) is 9.22. The SMILES string of the molecule is COc1cccc(C)c1C(=O)C#Cc1ccccc1. The molecule has 0 unspecified atom stereocenters. The number of benzene rings is 2. The van der Waals surface area contributed by atoms with Crippen molar-refractivity contribution < 1.29 is 9.53 Å². The second kappa shape index (κ2) is 5.88. The molecular weight excluding hydrogens is 236 g/mol. The van der Waals surface area contributed by atoms with Gasteiger partial charge in [-0.3, -0.25) is 4.79 Å². The summed E-state index contributed by atoms with van der Waals surface area (Å²) in [5, 5.41) is 0. The van der Waals surface area contributed by atoms with Crippen molar-refractivity contribution in [1.82, 2.24) is 0 Å². The molecule has 0 radical (unpaired) electrons. The number of ether oxygens (including phenoxy) is 1. The summed E-state index contributed by atoms with van der Waals surface area (Å²) >= 11 is 0. The largest absolute Gasteiger partial charge is 0.496 e. The fourth-order valence-corrected chi connectivity index (χ4v) is 1.81. The van der Waals surface area contributed by atoms with Gasteiger partial charge < -0.3 is 4.74 Å². The van der Waals surface area contributed by atoms with Gasteiger partial charge in [0.25, 0.3) is 0 Å². The molecule has 0 saturated carbocycles. The van der Waals surface area contributed by atoms with Crippen molar-refractivity contribution in [2.75, 3.05) is 7.11 Å². The molecule has 0 atom stereocenters. The van der Waals surface area contributed by atoms with E-state index < -0.39 is 0 Å². The average Bonchev–Trinajstić information content (AvgIpc) is 2.45. The van der Waals surface area contributed by atoms with Crippen molar-refractivity contribution in [1.29, 1.82) is 0 Å². The van der Waals surface area contributed by atoms with Gasteiger partial charge in [0.05, 0.1) is 12.7 Å². The van der Waals surface area contributed by atoms with E-state index in [1.165, 1.54) is 0 Å². The summed E-state index contributed by atoms with van der Waals surface area (Å²) in [5.41, 5.74) is 2.23. The summed E-state index contributed by atoms with van der Waals surface area (Å²) in [5.74, 6) is 5.87. The van der Waals surface area contributed by atoms with Gasteiger partial charge in [-0.25, -0.2) is 0 Å². The molecule has 0 aliphatic carbocycles. The summed E-state index contributed by atoms with van der Waals surface area (Å²) in [6, 6.07) is 14.9. The van der Waals surface area contributed by atoms with Gasteiger partial charge in [-0.05, 0) is 36.6 Å². The highest BCUT2D eigenvalue weighted by atomic mass is 16.5. The first-order valence-electron chi connectivity index (χ1n) is 5.97. The van der Waals surface area contributed by atoms with E-state index in [0.717, 1.165) is 11.1 Å². The lowest BCUT2D eigenvalue weighted by atomic mass is 10.0. The van der Waals surface area contributed by atoms with Crippen LogP contribution in [-0.2, 0) is 0 Å². The van der Waals surface area contributed by atoms with E-state index in [1.54, 1.807) is 13.2 Å². The maximum atomic E-state index is 12.2. The fraction of sp³-hybridized carbons (Fsp3) is 0.118. The number of rotatable bonds is 2. The minimum Gasteiger partial charge on any atom is -0.496 e. The number of carbonyl (C=O) groups excluding carboxylic acids is 1. The van der Waals surface area contributed by atoms with Crippen LogP contribution in [0.15, 0.2) is 48.5 Å². The van der Waals surface area contributed by atoms with Crippen LogP contribution in [0.1, 0.15) is 21.5 Å². The molecule has 2 aromatic carbocycles. The zero-order chi connectivity index (χ0) is 13.7. The first-order valence-corrected chi connectivity index (χ1v) is 5.97. The molecule has 0 heterocycles. The van der Waals surface area contributed by atoms with Crippen molar-refractivity contribution in [2.45, 2.75) is 6.92 Å².